The Hall–Kier alpha value is -1.93. The lowest BCUT2D eigenvalue weighted by molar-refractivity contribution is -0.181. The molecule has 154 valence electrons. The van der Waals surface area contributed by atoms with Crippen LogP contribution in [0, 0.1) is 0 Å². The average Bonchev–Trinajstić information content (AvgIpc) is 3.33. The Morgan fingerprint density at radius 2 is 1.89 bits per heavy atom. The molecule has 1 aromatic rings. The van der Waals surface area contributed by atoms with E-state index in [0.29, 0.717) is 57.2 Å². The van der Waals surface area contributed by atoms with Crippen molar-refractivity contribution in [3.05, 3.63) is 17.2 Å². The molecule has 1 N–H and O–H groups in total. The molecular formula is C20H30N4O4. The molecule has 0 radical (unpaired) electrons. The summed E-state index contributed by atoms with van der Waals surface area (Å²) >= 11 is 0. The number of likely N-dealkylation sites (tertiary alicyclic amines) is 1. The lowest BCUT2D eigenvalue weighted by atomic mass is 10.0. The van der Waals surface area contributed by atoms with Crippen LogP contribution in [0.3, 0.4) is 0 Å². The second-order valence-corrected chi connectivity index (χ2v) is 7.85. The fraction of sp³-hybridized carbons (Fsp3) is 0.750. The second-order valence-electron chi connectivity index (χ2n) is 7.85. The number of hydrogen-bond donors (Lipinski definition) is 1. The maximum absolute atomic E-state index is 13.2. The molecule has 28 heavy (non-hydrogen) atoms. The van der Waals surface area contributed by atoms with Gasteiger partial charge in [0.1, 0.15) is 5.69 Å². The van der Waals surface area contributed by atoms with Crippen molar-refractivity contribution in [2.45, 2.75) is 64.2 Å². The monoisotopic (exact) mass is 390 g/mol. The van der Waals surface area contributed by atoms with Crippen LogP contribution >= 0.6 is 0 Å². The lowest BCUT2D eigenvalue weighted by Crippen LogP contribution is -2.47. The summed E-state index contributed by atoms with van der Waals surface area (Å²) in [5.41, 5.74) is 1.33. The first-order chi connectivity index (χ1) is 13.6. The molecule has 2 fully saturated rings. The van der Waals surface area contributed by atoms with Gasteiger partial charge in [-0.15, -0.1) is 0 Å². The minimum Gasteiger partial charge on any atom is -0.351 e. The van der Waals surface area contributed by atoms with Gasteiger partial charge in [-0.3, -0.25) is 9.59 Å². The Labute approximate surface area is 165 Å². The zero-order chi connectivity index (χ0) is 19.6. The Morgan fingerprint density at radius 1 is 1.14 bits per heavy atom. The number of amides is 2. The highest BCUT2D eigenvalue weighted by atomic mass is 16.7. The topological polar surface area (TPSA) is 85.7 Å². The van der Waals surface area contributed by atoms with Crippen molar-refractivity contribution < 1.29 is 19.1 Å². The summed E-state index contributed by atoms with van der Waals surface area (Å²) in [6, 6.07) is 0. The van der Waals surface area contributed by atoms with Crippen LogP contribution in [0.4, 0.5) is 0 Å². The van der Waals surface area contributed by atoms with Crippen LogP contribution in [0.25, 0.3) is 0 Å². The Bertz CT molecular complexity index is 729. The highest BCUT2D eigenvalue weighted by molar-refractivity contribution is 5.97. The van der Waals surface area contributed by atoms with E-state index in [4.69, 9.17) is 9.47 Å². The van der Waals surface area contributed by atoms with Crippen molar-refractivity contribution in [3.8, 4) is 0 Å². The minimum absolute atomic E-state index is 0.0939. The number of imidazole rings is 1. The number of ether oxygens (including phenoxy) is 2. The normalized spacial score (nSPS) is 21.0. The van der Waals surface area contributed by atoms with Crippen molar-refractivity contribution in [1.82, 2.24) is 19.8 Å². The second kappa shape index (κ2) is 8.21. The quantitative estimate of drug-likeness (QED) is 0.774. The summed E-state index contributed by atoms with van der Waals surface area (Å²) in [4.78, 5) is 32.2. The summed E-state index contributed by atoms with van der Waals surface area (Å²) in [6.07, 6.45) is 6.14. The third-order valence-electron chi connectivity index (χ3n) is 5.97. The van der Waals surface area contributed by atoms with E-state index in [2.05, 4.69) is 17.2 Å². The highest BCUT2D eigenvalue weighted by Crippen LogP contribution is 2.32. The van der Waals surface area contributed by atoms with Crippen LogP contribution in [0.1, 0.15) is 72.3 Å². The molecule has 0 saturated carbocycles. The highest BCUT2D eigenvalue weighted by Gasteiger charge is 2.41. The third-order valence-corrected chi connectivity index (χ3v) is 5.97. The fourth-order valence-electron chi connectivity index (χ4n) is 4.33. The molecule has 0 aliphatic carbocycles. The molecule has 0 aromatic carbocycles. The van der Waals surface area contributed by atoms with Gasteiger partial charge in [0.25, 0.3) is 11.8 Å². The van der Waals surface area contributed by atoms with Crippen molar-refractivity contribution >= 4 is 11.8 Å². The van der Waals surface area contributed by atoms with Gasteiger partial charge in [-0.05, 0) is 25.7 Å². The lowest BCUT2D eigenvalue weighted by Gasteiger charge is -2.37. The number of aromatic nitrogens is 2. The van der Waals surface area contributed by atoms with Crippen LogP contribution in [0.5, 0.6) is 0 Å². The minimum atomic E-state index is -0.507. The molecule has 3 aliphatic heterocycles. The fourth-order valence-corrected chi connectivity index (χ4v) is 4.33. The van der Waals surface area contributed by atoms with Crippen LogP contribution in [-0.4, -0.2) is 64.9 Å². The van der Waals surface area contributed by atoms with Crippen LogP contribution in [-0.2, 0) is 22.4 Å². The van der Waals surface area contributed by atoms with Gasteiger partial charge < -0.3 is 24.3 Å². The molecule has 0 atom stereocenters. The van der Waals surface area contributed by atoms with Gasteiger partial charge in [-0.1, -0.05) is 13.3 Å². The first kappa shape index (κ1) is 19.4. The number of unbranched alkanes of at least 4 members (excludes halogenated alkanes) is 1. The van der Waals surface area contributed by atoms with Crippen molar-refractivity contribution in [2.24, 2.45) is 0 Å². The first-order valence-corrected chi connectivity index (χ1v) is 10.6. The van der Waals surface area contributed by atoms with E-state index in [1.54, 1.807) is 0 Å². The largest absolute Gasteiger partial charge is 0.351 e. The molecule has 8 heteroatoms. The molecule has 4 heterocycles. The van der Waals surface area contributed by atoms with Crippen LogP contribution in [0.15, 0.2) is 0 Å². The van der Waals surface area contributed by atoms with E-state index in [0.717, 1.165) is 44.3 Å². The Morgan fingerprint density at radius 3 is 2.61 bits per heavy atom. The van der Waals surface area contributed by atoms with Crippen molar-refractivity contribution in [2.75, 3.05) is 32.8 Å². The van der Waals surface area contributed by atoms with Gasteiger partial charge >= 0.3 is 0 Å². The van der Waals surface area contributed by atoms with E-state index >= 15 is 0 Å². The smallest absolute Gasteiger partial charge is 0.289 e. The predicted octanol–water partition coefficient (Wildman–Crippen LogP) is 1.73. The number of piperidine rings is 1. The zero-order valence-corrected chi connectivity index (χ0v) is 16.7. The van der Waals surface area contributed by atoms with Gasteiger partial charge in [0.2, 0.25) is 0 Å². The van der Waals surface area contributed by atoms with Crippen LogP contribution < -0.4 is 5.32 Å². The Balaban J connectivity index is 1.50. The molecule has 1 spiro atoms. The summed E-state index contributed by atoms with van der Waals surface area (Å²) in [7, 11) is 0. The number of fused-ring (bicyclic) bond motifs is 1. The van der Waals surface area contributed by atoms with E-state index < -0.39 is 5.79 Å². The SMILES string of the molecule is CCCCNC(=O)c1nc(C(=O)N2CCC3(CC2)OCCO3)n2c1CCCC2. The number of hydrogen-bond acceptors (Lipinski definition) is 5. The summed E-state index contributed by atoms with van der Waals surface area (Å²) in [6.45, 7) is 5.88. The van der Waals surface area contributed by atoms with Gasteiger partial charge in [0, 0.05) is 39.0 Å². The van der Waals surface area contributed by atoms with E-state index in [1.807, 2.05) is 9.47 Å². The van der Waals surface area contributed by atoms with E-state index in [-0.39, 0.29) is 11.8 Å². The van der Waals surface area contributed by atoms with Gasteiger partial charge in [0.15, 0.2) is 11.6 Å². The molecule has 0 bridgehead atoms. The molecule has 2 amide bonds. The maximum Gasteiger partial charge on any atom is 0.289 e. The summed E-state index contributed by atoms with van der Waals surface area (Å²) < 4.78 is 13.5. The van der Waals surface area contributed by atoms with E-state index in [1.165, 1.54) is 0 Å². The predicted molar refractivity (Wildman–Crippen MR) is 102 cm³/mol. The molecular weight excluding hydrogens is 360 g/mol. The standard InChI is InChI=1S/C20H30N4O4/c1-2-3-9-21-18(25)16-15-6-4-5-10-24(15)17(22-16)19(26)23-11-7-20(8-12-23)27-13-14-28-20/h2-14H2,1H3,(H,21,25). The molecule has 2 saturated heterocycles. The number of nitrogens with zero attached hydrogens (tertiary/aromatic N) is 3. The third kappa shape index (κ3) is 3.67. The zero-order valence-electron chi connectivity index (χ0n) is 16.7. The molecule has 4 rings (SSSR count). The number of carbonyl (C=O) groups is 2. The van der Waals surface area contributed by atoms with Gasteiger partial charge in [0.05, 0.1) is 18.9 Å². The molecule has 0 unspecified atom stereocenters. The molecule has 1 aromatic heterocycles. The van der Waals surface area contributed by atoms with Gasteiger partial charge in [-0.25, -0.2) is 4.98 Å². The average molecular weight is 390 g/mol. The number of rotatable bonds is 5. The summed E-state index contributed by atoms with van der Waals surface area (Å²) in [5.74, 6) is -0.362. The number of nitrogens with one attached hydrogen (secondary N) is 1. The van der Waals surface area contributed by atoms with Crippen molar-refractivity contribution in [1.29, 1.82) is 0 Å². The molecule has 3 aliphatic rings. The first-order valence-electron chi connectivity index (χ1n) is 10.6. The van der Waals surface area contributed by atoms with Gasteiger partial charge in [-0.2, -0.15) is 0 Å². The van der Waals surface area contributed by atoms with E-state index in [9.17, 15) is 9.59 Å². The van der Waals surface area contributed by atoms with Crippen LogP contribution in [0.2, 0.25) is 0 Å². The Kier molecular flexibility index (Phi) is 5.68. The maximum atomic E-state index is 13.2. The van der Waals surface area contributed by atoms with Crippen molar-refractivity contribution in [3.63, 3.8) is 0 Å². The summed E-state index contributed by atoms with van der Waals surface area (Å²) in [5, 5.41) is 2.94. The molecule has 8 nitrogen and oxygen atoms in total. The number of carbonyl (C=O) groups excluding carboxylic acids is 2.